The number of anilines is 1. The summed E-state index contributed by atoms with van der Waals surface area (Å²) in [6.45, 7) is 3.12. The number of pyridine rings is 1. The summed E-state index contributed by atoms with van der Waals surface area (Å²) in [4.78, 5) is 7.43. The Hall–Kier alpha value is -3.60. The van der Waals surface area contributed by atoms with E-state index < -0.39 is 0 Å². The number of piperidine rings is 1. The van der Waals surface area contributed by atoms with Gasteiger partial charge in [-0.25, -0.2) is 4.98 Å². The summed E-state index contributed by atoms with van der Waals surface area (Å²) >= 11 is 6.12. The van der Waals surface area contributed by atoms with Gasteiger partial charge < -0.3 is 10.1 Å². The number of benzene rings is 4. The van der Waals surface area contributed by atoms with Crippen LogP contribution in [0.4, 0.5) is 5.82 Å². The highest BCUT2D eigenvalue weighted by Gasteiger charge is 2.21. The Balaban J connectivity index is 1.18. The fraction of sp³-hybridized carbons (Fsp3) is 0.219. The van der Waals surface area contributed by atoms with Gasteiger partial charge >= 0.3 is 0 Å². The van der Waals surface area contributed by atoms with Crippen molar-refractivity contribution in [1.29, 1.82) is 0 Å². The highest BCUT2D eigenvalue weighted by atomic mass is 35.5. The normalized spacial score (nSPS) is 14.8. The van der Waals surface area contributed by atoms with Gasteiger partial charge in [-0.1, -0.05) is 60.1 Å². The number of likely N-dealkylation sites (tertiary alicyclic amines) is 1. The van der Waals surface area contributed by atoms with Crippen LogP contribution in [0, 0.1) is 0 Å². The number of rotatable bonds is 6. The average Bonchev–Trinajstić information content (AvgIpc) is 2.94. The summed E-state index contributed by atoms with van der Waals surface area (Å²) in [5, 5.41) is 9.32. The van der Waals surface area contributed by atoms with Crippen LogP contribution < -0.4 is 10.1 Å². The predicted octanol–water partition coefficient (Wildman–Crippen LogP) is 7.79. The van der Waals surface area contributed by atoms with Crippen molar-refractivity contribution in [1.82, 2.24) is 9.88 Å². The number of halogens is 1. The Morgan fingerprint density at radius 1 is 0.892 bits per heavy atom. The van der Waals surface area contributed by atoms with Gasteiger partial charge in [0.1, 0.15) is 11.6 Å². The molecule has 6 rings (SSSR count). The second-order valence-electron chi connectivity index (χ2n) is 9.82. The third kappa shape index (κ3) is 5.13. The molecule has 5 heteroatoms. The molecule has 4 aromatic carbocycles. The smallest absolute Gasteiger partial charge is 0.134 e. The molecule has 1 aromatic heterocycles. The van der Waals surface area contributed by atoms with Crippen molar-refractivity contribution in [3.05, 3.63) is 102 Å². The molecular weight excluding hydrogens is 478 g/mol. The van der Waals surface area contributed by atoms with Crippen molar-refractivity contribution in [2.45, 2.75) is 25.4 Å². The number of aromatic nitrogens is 1. The van der Waals surface area contributed by atoms with Crippen molar-refractivity contribution in [2.75, 3.05) is 25.5 Å². The van der Waals surface area contributed by atoms with Crippen LogP contribution in [0.1, 0.15) is 18.4 Å². The van der Waals surface area contributed by atoms with E-state index in [1.807, 2.05) is 36.5 Å². The molecule has 2 heterocycles. The fourth-order valence-electron chi connectivity index (χ4n) is 5.35. The third-order valence-electron chi connectivity index (χ3n) is 7.40. The second-order valence-corrected chi connectivity index (χ2v) is 10.3. The van der Waals surface area contributed by atoms with Crippen LogP contribution in [0.3, 0.4) is 0 Å². The van der Waals surface area contributed by atoms with Crippen molar-refractivity contribution in [3.8, 4) is 16.9 Å². The zero-order valence-corrected chi connectivity index (χ0v) is 21.7. The van der Waals surface area contributed by atoms with Crippen LogP contribution in [-0.4, -0.2) is 36.1 Å². The molecule has 0 radical (unpaired) electrons. The maximum absolute atomic E-state index is 6.12. The van der Waals surface area contributed by atoms with E-state index in [4.69, 9.17) is 21.3 Å². The molecule has 0 unspecified atom stereocenters. The van der Waals surface area contributed by atoms with Gasteiger partial charge in [0, 0.05) is 47.8 Å². The Morgan fingerprint density at radius 2 is 1.68 bits per heavy atom. The van der Waals surface area contributed by atoms with Crippen molar-refractivity contribution in [3.63, 3.8) is 0 Å². The summed E-state index contributed by atoms with van der Waals surface area (Å²) < 4.78 is 5.55. The van der Waals surface area contributed by atoms with E-state index in [2.05, 4.69) is 64.8 Å². The van der Waals surface area contributed by atoms with Gasteiger partial charge in [-0.2, -0.15) is 0 Å². The zero-order chi connectivity index (χ0) is 25.2. The quantitative estimate of drug-likeness (QED) is 0.254. The number of methoxy groups -OCH3 is 1. The van der Waals surface area contributed by atoms with Crippen LogP contribution >= 0.6 is 11.6 Å². The number of hydrogen-bond acceptors (Lipinski definition) is 4. The zero-order valence-electron chi connectivity index (χ0n) is 21.0. The lowest BCUT2D eigenvalue weighted by Crippen LogP contribution is -2.38. The molecule has 4 nitrogen and oxygen atoms in total. The Morgan fingerprint density at radius 3 is 2.46 bits per heavy atom. The molecule has 1 saturated heterocycles. The van der Waals surface area contributed by atoms with Crippen molar-refractivity contribution < 1.29 is 4.74 Å². The minimum absolute atomic E-state index is 0.385. The first-order chi connectivity index (χ1) is 18.2. The molecule has 0 bridgehead atoms. The van der Waals surface area contributed by atoms with Crippen LogP contribution in [0.15, 0.2) is 91.1 Å². The van der Waals surface area contributed by atoms with Crippen molar-refractivity contribution >= 4 is 39.0 Å². The fourth-order valence-corrected chi connectivity index (χ4v) is 5.47. The first kappa shape index (κ1) is 23.8. The standard InChI is InChI=1S/C32H30ClN3O/c1-37-28-12-13-29-30(19-28)32(34-20-31(29)24-8-10-26(33)11-9-24)35-27-14-16-36(17-15-27)21-22-6-7-23-4-2-3-5-25(23)18-22/h2-13,18-20,27H,14-17,21H2,1H3,(H,34,35). The molecule has 1 aliphatic heterocycles. The maximum Gasteiger partial charge on any atom is 0.134 e. The van der Waals surface area contributed by atoms with Crippen LogP contribution in [-0.2, 0) is 6.54 Å². The molecule has 0 spiro atoms. The first-order valence-electron chi connectivity index (χ1n) is 12.9. The minimum Gasteiger partial charge on any atom is -0.497 e. The molecule has 5 aromatic rings. The molecule has 1 aliphatic rings. The molecule has 0 aliphatic carbocycles. The lowest BCUT2D eigenvalue weighted by molar-refractivity contribution is 0.211. The largest absolute Gasteiger partial charge is 0.497 e. The summed E-state index contributed by atoms with van der Waals surface area (Å²) in [6, 6.07) is 29.9. The molecule has 0 atom stereocenters. The highest BCUT2D eigenvalue weighted by molar-refractivity contribution is 6.30. The van der Waals surface area contributed by atoms with Crippen LogP contribution in [0.5, 0.6) is 5.75 Å². The molecule has 1 fully saturated rings. The maximum atomic E-state index is 6.12. The van der Waals surface area contributed by atoms with Gasteiger partial charge in [-0.15, -0.1) is 0 Å². The SMILES string of the molecule is COc1ccc2c(-c3ccc(Cl)cc3)cnc(NC3CCN(Cc4ccc5ccccc5c4)CC3)c2c1. The van der Waals surface area contributed by atoms with Crippen LogP contribution in [0.2, 0.25) is 5.02 Å². The number of fused-ring (bicyclic) bond motifs is 2. The van der Waals surface area contributed by atoms with Gasteiger partial charge in [-0.05, 0) is 76.5 Å². The Labute approximate surface area is 222 Å². The number of ether oxygens (including phenoxy) is 1. The lowest BCUT2D eigenvalue weighted by Gasteiger charge is -2.33. The molecule has 1 N–H and O–H groups in total. The predicted molar refractivity (Wildman–Crippen MR) is 155 cm³/mol. The van der Waals surface area contributed by atoms with Gasteiger partial charge in [0.15, 0.2) is 0 Å². The van der Waals surface area contributed by atoms with E-state index in [1.165, 1.54) is 16.3 Å². The van der Waals surface area contributed by atoms with Gasteiger partial charge in [0.25, 0.3) is 0 Å². The van der Waals surface area contributed by atoms with Gasteiger partial charge in [0.05, 0.1) is 7.11 Å². The van der Waals surface area contributed by atoms with Gasteiger partial charge in [0.2, 0.25) is 0 Å². The summed E-state index contributed by atoms with van der Waals surface area (Å²) in [5.74, 6) is 1.75. The molecule has 0 saturated carbocycles. The Bertz CT molecular complexity index is 1540. The van der Waals surface area contributed by atoms with Crippen LogP contribution in [0.25, 0.3) is 32.7 Å². The van der Waals surface area contributed by atoms with E-state index in [0.717, 1.165) is 71.0 Å². The molecular formula is C32H30ClN3O. The minimum atomic E-state index is 0.385. The van der Waals surface area contributed by atoms with Crippen molar-refractivity contribution in [2.24, 2.45) is 0 Å². The first-order valence-corrected chi connectivity index (χ1v) is 13.2. The topological polar surface area (TPSA) is 37.4 Å². The third-order valence-corrected chi connectivity index (χ3v) is 7.65. The van der Waals surface area contributed by atoms with Gasteiger partial charge in [-0.3, -0.25) is 4.90 Å². The average molecular weight is 508 g/mol. The van der Waals surface area contributed by atoms with E-state index in [1.54, 1.807) is 7.11 Å². The number of hydrogen-bond donors (Lipinski definition) is 1. The summed E-state index contributed by atoms with van der Waals surface area (Å²) in [5.41, 5.74) is 3.56. The summed E-state index contributed by atoms with van der Waals surface area (Å²) in [7, 11) is 1.70. The molecule has 37 heavy (non-hydrogen) atoms. The van der Waals surface area contributed by atoms with E-state index in [-0.39, 0.29) is 0 Å². The number of nitrogens with one attached hydrogen (secondary N) is 1. The van der Waals surface area contributed by atoms with E-state index in [0.29, 0.717) is 6.04 Å². The monoisotopic (exact) mass is 507 g/mol. The Kier molecular flexibility index (Phi) is 6.69. The highest BCUT2D eigenvalue weighted by Crippen LogP contribution is 2.35. The lowest BCUT2D eigenvalue weighted by atomic mass is 9.99. The van der Waals surface area contributed by atoms with E-state index >= 15 is 0 Å². The number of nitrogens with zero attached hydrogens (tertiary/aromatic N) is 2. The van der Waals surface area contributed by atoms with E-state index in [9.17, 15) is 0 Å². The second kappa shape index (κ2) is 10.4. The molecule has 0 amide bonds. The summed E-state index contributed by atoms with van der Waals surface area (Å²) in [6.07, 6.45) is 4.13. The molecule has 186 valence electrons.